The van der Waals surface area contributed by atoms with Gasteiger partial charge >= 0.3 is 12.0 Å². The minimum absolute atomic E-state index is 0.0302. The largest absolute Gasteiger partial charge is 0.505 e. The van der Waals surface area contributed by atoms with E-state index in [2.05, 4.69) is 16.5 Å². The number of halogens is 2. The Hall–Kier alpha value is -6.10. The smallest absolute Gasteiger partial charge is 0.336 e. The number of aromatic hydroxyl groups is 1. The van der Waals surface area contributed by atoms with Gasteiger partial charge in [-0.15, -0.1) is 0 Å². The van der Waals surface area contributed by atoms with Gasteiger partial charge < -0.3 is 25.4 Å². The number of aromatic nitrogens is 2. The number of benzene rings is 4. The number of nitrogens with zero attached hydrogens (tertiary/aromatic N) is 2. The molecule has 5 aromatic rings. The fourth-order valence-corrected chi connectivity index (χ4v) is 5.14. The summed E-state index contributed by atoms with van der Waals surface area (Å²) < 4.78 is 40.6. The molecule has 1 aromatic heterocycles. The Bertz CT molecular complexity index is 2150. The van der Waals surface area contributed by atoms with Crippen molar-refractivity contribution in [3.8, 4) is 23.3 Å². The molecule has 0 fully saturated rings. The van der Waals surface area contributed by atoms with E-state index in [1.807, 2.05) is 24.3 Å². The Kier molecular flexibility index (Phi) is 7.89. The number of phenolic OH excluding ortho intramolecular Hbond substituents is 1. The van der Waals surface area contributed by atoms with E-state index in [-0.39, 0.29) is 74.6 Å². The van der Waals surface area contributed by atoms with Crippen molar-refractivity contribution in [1.82, 2.24) is 9.97 Å². The SMILES string of the molecule is C=c1cc2c(cc1F)=C(c1ccc(C(=O)CCc3ccc(COc4nccc(N)n4)cc3)cc1C(=O)O)c1cc(F)c(O)cc1O2. The number of carboxylic acid groups (broad SMARTS) is 1. The second-order valence-electron chi connectivity index (χ2n) is 10.6. The molecule has 11 heteroatoms. The molecule has 0 radical (unpaired) electrons. The normalized spacial score (nSPS) is 11.7. The van der Waals surface area contributed by atoms with Crippen LogP contribution in [0.1, 0.15) is 49.4 Å². The van der Waals surface area contributed by atoms with E-state index >= 15 is 0 Å². The number of nitrogen functional groups attached to an aromatic ring is 1. The first-order chi connectivity index (χ1) is 22.1. The van der Waals surface area contributed by atoms with E-state index in [4.69, 9.17) is 15.2 Å². The monoisotopic (exact) mass is 621 g/mol. The number of ether oxygens (including phenoxy) is 2. The number of Topliss-reactive ketones (excluding diaryl/α,β-unsaturated/α-hetero) is 1. The number of phenols is 1. The van der Waals surface area contributed by atoms with Gasteiger partial charge in [-0.25, -0.2) is 18.6 Å². The summed E-state index contributed by atoms with van der Waals surface area (Å²) in [6, 6.07) is 17.8. The number of aryl methyl sites for hydroxylation is 1. The van der Waals surface area contributed by atoms with Gasteiger partial charge in [0, 0.05) is 45.8 Å². The van der Waals surface area contributed by atoms with Gasteiger partial charge in [-0.1, -0.05) is 43.0 Å². The van der Waals surface area contributed by atoms with Crippen LogP contribution in [0.15, 0.2) is 79.0 Å². The third-order valence-corrected chi connectivity index (χ3v) is 7.48. The average molecular weight is 622 g/mol. The molecule has 0 aliphatic carbocycles. The van der Waals surface area contributed by atoms with Crippen LogP contribution >= 0.6 is 0 Å². The van der Waals surface area contributed by atoms with Gasteiger partial charge in [0.1, 0.15) is 29.7 Å². The first-order valence-electron chi connectivity index (χ1n) is 14.0. The third-order valence-electron chi connectivity index (χ3n) is 7.48. The van der Waals surface area contributed by atoms with Crippen LogP contribution in [-0.2, 0) is 13.0 Å². The molecule has 1 aliphatic rings. The van der Waals surface area contributed by atoms with Gasteiger partial charge in [0.05, 0.1) is 5.56 Å². The highest BCUT2D eigenvalue weighted by atomic mass is 19.1. The molecule has 0 saturated carbocycles. The molecule has 230 valence electrons. The molecule has 0 amide bonds. The number of carbonyl (C=O) groups is 2. The van der Waals surface area contributed by atoms with Gasteiger partial charge in [0.15, 0.2) is 17.3 Å². The average Bonchev–Trinajstić information content (AvgIpc) is 3.03. The maximum absolute atomic E-state index is 14.7. The number of carbonyl (C=O) groups excluding carboxylic acids is 1. The minimum Gasteiger partial charge on any atom is -0.505 e. The summed E-state index contributed by atoms with van der Waals surface area (Å²) in [6.45, 7) is 3.86. The van der Waals surface area contributed by atoms with Crippen molar-refractivity contribution < 1.29 is 38.1 Å². The Morgan fingerprint density at radius 1 is 0.913 bits per heavy atom. The van der Waals surface area contributed by atoms with Crippen molar-refractivity contribution in [3.05, 3.63) is 134 Å². The number of ketones is 1. The summed E-state index contributed by atoms with van der Waals surface area (Å²) in [6.07, 6.45) is 2.00. The fraction of sp³-hybridized carbons (Fsp3) is 0.0857. The second kappa shape index (κ2) is 12.1. The quantitative estimate of drug-likeness (QED) is 0.192. The lowest BCUT2D eigenvalue weighted by Crippen LogP contribution is -2.23. The fourth-order valence-electron chi connectivity index (χ4n) is 5.14. The number of anilines is 1. The number of carboxylic acids is 1. The lowest BCUT2D eigenvalue weighted by molar-refractivity contribution is 0.0696. The van der Waals surface area contributed by atoms with Crippen molar-refractivity contribution in [2.45, 2.75) is 19.4 Å². The molecular formula is C35H25F2N3O6. The van der Waals surface area contributed by atoms with Crippen LogP contribution in [0.5, 0.6) is 23.3 Å². The molecule has 0 atom stereocenters. The van der Waals surface area contributed by atoms with E-state index in [9.17, 15) is 28.6 Å². The van der Waals surface area contributed by atoms with E-state index in [0.717, 1.165) is 29.3 Å². The lowest BCUT2D eigenvalue weighted by atomic mass is 9.88. The highest BCUT2D eigenvalue weighted by molar-refractivity contribution is 6.03. The molecule has 9 nitrogen and oxygen atoms in total. The zero-order valence-electron chi connectivity index (χ0n) is 24.1. The molecule has 4 aromatic carbocycles. The highest BCUT2D eigenvalue weighted by Gasteiger charge is 2.27. The summed E-state index contributed by atoms with van der Waals surface area (Å²) in [5.41, 5.74) is 7.68. The van der Waals surface area contributed by atoms with Crippen molar-refractivity contribution >= 4 is 29.7 Å². The van der Waals surface area contributed by atoms with Crippen LogP contribution in [0.25, 0.3) is 12.2 Å². The Labute approximate surface area is 260 Å². The number of aromatic carboxylic acids is 1. The molecule has 4 N–H and O–H groups in total. The van der Waals surface area contributed by atoms with Crippen molar-refractivity contribution in [2.24, 2.45) is 0 Å². The van der Waals surface area contributed by atoms with E-state index in [0.29, 0.717) is 12.2 Å². The third kappa shape index (κ3) is 5.98. The summed E-state index contributed by atoms with van der Waals surface area (Å²) in [7, 11) is 0. The number of hydrogen-bond acceptors (Lipinski definition) is 8. The Balaban J connectivity index is 1.26. The van der Waals surface area contributed by atoms with Crippen LogP contribution in [0.2, 0.25) is 0 Å². The zero-order chi connectivity index (χ0) is 32.5. The van der Waals surface area contributed by atoms with Gasteiger partial charge in [0.2, 0.25) is 0 Å². The first-order valence-corrected chi connectivity index (χ1v) is 14.0. The van der Waals surface area contributed by atoms with Crippen LogP contribution < -0.4 is 25.6 Å². The molecule has 1 aliphatic heterocycles. The summed E-state index contributed by atoms with van der Waals surface area (Å²) in [4.78, 5) is 33.7. The zero-order valence-corrected chi connectivity index (χ0v) is 24.1. The number of nitrogens with two attached hydrogens (primary N) is 1. The number of fused-ring (bicyclic) bond motifs is 2. The first kappa shape index (κ1) is 29.9. The Morgan fingerprint density at radius 2 is 1.67 bits per heavy atom. The van der Waals surface area contributed by atoms with Crippen LogP contribution in [0, 0.1) is 11.6 Å². The van der Waals surface area contributed by atoms with Gasteiger partial charge in [0.25, 0.3) is 0 Å². The van der Waals surface area contributed by atoms with Gasteiger partial charge in [-0.05, 0) is 53.4 Å². The van der Waals surface area contributed by atoms with Crippen molar-refractivity contribution in [1.29, 1.82) is 0 Å². The van der Waals surface area contributed by atoms with Crippen LogP contribution in [-0.4, -0.2) is 31.9 Å². The van der Waals surface area contributed by atoms with E-state index < -0.39 is 23.4 Å². The Morgan fingerprint density at radius 3 is 2.41 bits per heavy atom. The predicted molar refractivity (Wildman–Crippen MR) is 164 cm³/mol. The molecule has 0 saturated heterocycles. The van der Waals surface area contributed by atoms with Crippen molar-refractivity contribution in [3.63, 3.8) is 0 Å². The number of rotatable bonds is 9. The van der Waals surface area contributed by atoms with Gasteiger partial charge in [-0.2, -0.15) is 4.98 Å². The molecule has 2 heterocycles. The van der Waals surface area contributed by atoms with E-state index in [1.54, 1.807) is 6.07 Å². The molecule has 0 spiro atoms. The lowest BCUT2D eigenvalue weighted by Gasteiger charge is -2.23. The standard InChI is InChI=1S/C35H25F2N3O6/c1-18-12-30-24(14-26(18)36)33(25-15-27(37)29(42)16-31(25)46-30)22-8-7-21(13-23(22)34(43)44)28(41)9-6-19-2-4-20(5-3-19)17-45-35-39-11-10-32(38)40-35/h2-5,7-8,10-16,42H,1,6,9,17H2,(H,43,44)(H2,38,39,40). The number of hydrogen-bond donors (Lipinski definition) is 3. The summed E-state index contributed by atoms with van der Waals surface area (Å²) >= 11 is 0. The second-order valence-corrected chi connectivity index (χ2v) is 10.6. The highest BCUT2D eigenvalue weighted by Crippen LogP contribution is 2.40. The maximum Gasteiger partial charge on any atom is 0.336 e. The van der Waals surface area contributed by atoms with E-state index in [1.165, 1.54) is 30.5 Å². The van der Waals surface area contributed by atoms with Crippen LogP contribution in [0.4, 0.5) is 14.6 Å². The predicted octanol–water partition coefficient (Wildman–Crippen LogP) is 4.90. The maximum atomic E-state index is 14.7. The van der Waals surface area contributed by atoms with Gasteiger partial charge in [-0.3, -0.25) is 4.79 Å². The summed E-state index contributed by atoms with van der Waals surface area (Å²) in [5.74, 6) is -3.48. The minimum atomic E-state index is -1.35. The van der Waals surface area contributed by atoms with Crippen LogP contribution in [0.3, 0.4) is 0 Å². The molecule has 0 bridgehead atoms. The summed E-state index contributed by atoms with van der Waals surface area (Å²) in [5, 5.41) is 20.3. The molecule has 0 unspecified atom stereocenters. The molecule has 46 heavy (non-hydrogen) atoms. The van der Waals surface area contributed by atoms with Crippen molar-refractivity contribution in [2.75, 3.05) is 5.73 Å². The molecule has 6 rings (SSSR count). The molecular weight excluding hydrogens is 596 g/mol. The topological polar surface area (TPSA) is 145 Å².